The van der Waals surface area contributed by atoms with Gasteiger partial charge in [0.15, 0.2) is 0 Å². The van der Waals surface area contributed by atoms with Crippen LogP contribution in [0.5, 0.6) is 0 Å². The van der Waals surface area contributed by atoms with Gasteiger partial charge in [0, 0.05) is 27.9 Å². The number of hydrogen-bond acceptors (Lipinski definition) is 5. The van der Waals surface area contributed by atoms with Gasteiger partial charge in [0.2, 0.25) is 0 Å². The zero-order valence-corrected chi connectivity index (χ0v) is 14.8. The van der Waals surface area contributed by atoms with E-state index in [4.69, 9.17) is 4.74 Å². The van der Waals surface area contributed by atoms with Gasteiger partial charge in [-0.05, 0) is 55.9 Å². The van der Waals surface area contributed by atoms with Gasteiger partial charge in [0.25, 0.3) is 11.8 Å². The molecule has 0 bridgehead atoms. The van der Waals surface area contributed by atoms with Gasteiger partial charge in [-0.2, -0.15) is 0 Å². The van der Waals surface area contributed by atoms with Crippen molar-refractivity contribution in [2.75, 3.05) is 0 Å². The van der Waals surface area contributed by atoms with Crippen LogP contribution in [0.1, 0.15) is 74.0 Å². The average Bonchev–Trinajstić information content (AvgIpc) is 2.66. The number of rotatable bonds is 1. The van der Waals surface area contributed by atoms with Crippen LogP contribution >= 0.6 is 0 Å². The van der Waals surface area contributed by atoms with E-state index in [0.29, 0.717) is 27.8 Å². The standard InChI is InChI=1S/C21H17NO5/c1-10-2-4-11(5-3-10)22-18(23)12-6-8-14-17-15(21(26)27-20(14)25)9-7-13(16(12)17)19(22)24/h6-11H,2-5H2,1H3. The molecule has 1 fully saturated rings. The number of nitrogens with zero attached hydrogens (tertiary/aromatic N) is 1. The van der Waals surface area contributed by atoms with Crippen molar-refractivity contribution in [3.05, 3.63) is 46.5 Å². The number of carbonyl (C=O) groups excluding carboxylic acids is 4. The smallest absolute Gasteiger partial charge is 0.346 e. The molecule has 2 aromatic rings. The molecular weight excluding hydrogens is 346 g/mol. The molecule has 3 aliphatic rings. The summed E-state index contributed by atoms with van der Waals surface area (Å²) in [5, 5.41) is 0.746. The van der Waals surface area contributed by atoms with E-state index in [2.05, 4.69) is 6.92 Å². The lowest BCUT2D eigenvalue weighted by atomic mass is 9.83. The molecule has 6 nitrogen and oxygen atoms in total. The number of ether oxygens (including phenoxy) is 1. The Morgan fingerprint density at radius 2 is 1.19 bits per heavy atom. The minimum Gasteiger partial charge on any atom is -0.386 e. The van der Waals surface area contributed by atoms with E-state index in [1.165, 1.54) is 17.0 Å². The third-order valence-electron chi connectivity index (χ3n) is 6.03. The van der Waals surface area contributed by atoms with Gasteiger partial charge >= 0.3 is 11.9 Å². The van der Waals surface area contributed by atoms with Gasteiger partial charge in [-0.15, -0.1) is 0 Å². The lowest BCUT2D eigenvalue weighted by Crippen LogP contribution is -2.48. The highest BCUT2D eigenvalue weighted by atomic mass is 16.6. The van der Waals surface area contributed by atoms with Crippen molar-refractivity contribution in [3.63, 3.8) is 0 Å². The van der Waals surface area contributed by atoms with Crippen LogP contribution in [-0.4, -0.2) is 34.7 Å². The van der Waals surface area contributed by atoms with Gasteiger partial charge in [0.1, 0.15) is 0 Å². The third-order valence-corrected chi connectivity index (χ3v) is 6.03. The van der Waals surface area contributed by atoms with Crippen LogP contribution in [0.25, 0.3) is 10.8 Å². The molecule has 0 unspecified atom stereocenters. The predicted octanol–water partition coefficient (Wildman–Crippen LogP) is 3.33. The Bertz CT molecular complexity index is 993. The molecule has 136 valence electrons. The summed E-state index contributed by atoms with van der Waals surface area (Å²) in [7, 11) is 0. The lowest BCUT2D eigenvalue weighted by Gasteiger charge is -2.37. The van der Waals surface area contributed by atoms with E-state index in [-0.39, 0.29) is 29.0 Å². The molecule has 6 heteroatoms. The van der Waals surface area contributed by atoms with Crippen LogP contribution in [0, 0.1) is 5.92 Å². The van der Waals surface area contributed by atoms with Gasteiger partial charge in [0.05, 0.1) is 11.1 Å². The third kappa shape index (κ3) is 2.13. The van der Waals surface area contributed by atoms with Crippen molar-refractivity contribution in [2.24, 2.45) is 5.92 Å². The van der Waals surface area contributed by atoms with E-state index in [1.54, 1.807) is 12.1 Å². The van der Waals surface area contributed by atoms with Gasteiger partial charge in [-0.1, -0.05) is 6.92 Å². The molecule has 27 heavy (non-hydrogen) atoms. The Morgan fingerprint density at radius 3 is 1.70 bits per heavy atom. The summed E-state index contributed by atoms with van der Waals surface area (Å²) in [6.45, 7) is 2.18. The molecule has 0 spiro atoms. The number of benzene rings is 2. The minimum atomic E-state index is -0.750. The van der Waals surface area contributed by atoms with Crippen LogP contribution in [0.15, 0.2) is 24.3 Å². The molecule has 2 amide bonds. The molecule has 2 aliphatic heterocycles. The summed E-state index contributed by atoms with van der Waals surface area (Å²) < 4.78 is 4.76. The Balaban J connectivity index is 1.71. The van der Waals surface area contributed by atoms with Crippen LogP contribution in [-0.2, 0) is 4.74 Å². The average molecular weight is 363 g/mol. The molecule has 0 atom stereocenters. The first-order chi connectivity index (χ1) is 13.0. The molecule has 5 rings (SSSR count). The van der Waals surface area contributed by atoms with Crippen molar-refractivity contribution < 1.29 is 23.9 Å². The molecule has 1 saturated carbocycles. The van der Waals surface area contributed by atoms with Crippen molar-refractivity contribution in [3.8, 4) is 0 Å². The monoisotopic (exact) mass is 363 g/mol. The van der Waals surface area contributed by atoms with E-state index >= 15 is 0 Å². The van der Waals surface area contributed by atoms with Crippen LogP contribution in [0.4, 0.5) is 0 Å². The molecular formula is C21H17NO5. The maximum atomic E-state index is 13.2. The van der Waals surface area contributed by atoms with Crippen molar-refractivity contribution in [1.29, 1.82) is 0 Å². The molecule has 0 aromatic heterocycles. The van der Waals surface area contributed by atoms with Crippen molar-refractivity contribution in [2.45, 2.75) is 38.6 Å². The lowest BCUT2D eigenvalue weighted by molar-refractivity contribution is 0.0386. The number of amides is 2. The largest absolute Gasteiger partial charge is 0.386 e. The topological polar surface area (TPSA) is 80.8 Å². The summed E-state index contributed by atoms with van der Waals surface area (Å²) in [5.74, 6) is -1.59. The van der Waals surface area contributed by atoms with E-state index < -0.39 is 11.9 Å². The number of carbonyl (C=O) groups is 4. The molecule has 2 aromatic carbocycles. The Labute approximate surface area is 155 Å². The SMILES string of the molecule is CC1CCC(N2C(=O)c3ccc4c5c(ccc(c35)C2=O)C(=O)OC4=O)CC1. The second-order valence-electron chi connectivity index (χ2n) is 7.64. The van der Waals surface area contributed by atoms with Crippen LogP contribution < -0.4 is 0 Å². The Morgan fingerprint density at radius 1 is 0.741 bits per heavy atom. The fourth-order valence-corrected chi connectivity index (χ4v) is 4.57. The zero-order valence-electron chi connectivity index (χ0n) is 14.8. The normalized spacial score (nSPS) is 24.4. The first-order valence-corrected chi connectivity index (χ1v) is 9.21. The molecule has 0 N–H and O–H groups in total. The molecule has 0 radical (unpaired) electrons. The van der Waals surface area contributed by atoms with Crippen LogP contribution in [0.2, 0.25) is 0 Å². The number of esters is 2. The second kappa shape index (κ2) is 5.49. The van der Waals surface area contributed by atoms with Crippen molar-refractivity contribution in [1.82, 2.24) is 4.90 Å². The fourth-order valence-electron chi connectivity index (χ4n) is 4.57. The number of hydrogen-bond donors (Lipinski definition) is 0. The Kier molecular flexibility index (Phi) is 3.29. The number of imide groups is 1. The Hall–Kier alpha value is -3.02. The second-order valence-corrected chi connectivity index (χ2v) is 7.64. The molecule has 1 aliphatic carbocycles. The molecule has 2 heterocycles. The van der Waals surface area contributed by atoms with E-state index in [0.717, 1.165) is 25.7 Å². The summed E-state index contributed by atoms with van der Waals surface area (Å²) in [6, 6.07) is 6.04. The predicted molar refractivity (Wildman–Crippen MR) is 95.6 cm³/mol. The maximum absolute atomic E-state index is 13.2. The summed E-state index contributed by atoms with van der Waals surface area (Å²) in [6.07, 6.45) is 3.58. The van der Waals surface area contributed by atoms with Gasteiger partial charge in [-0.25, -0.2) is 9.59 Å². The minimum absolute atomic E-state index is 0.108. The highest BCUT2D eigenvalue weighted by Crippen LogP contribution is 2.39. The maximum Gasteiger partial charge on any atom is 0.346 e. The quantitative estimate of drug-likeness (QED) is 0.441. The van der Waals surface area contributed by atoms with Crippen molar-refractivity contribution >= 4 is 34.5 Å². The highest BCUT2D eigenvalue weighted by Gasteiger charge is 2.41. The summed E-state index contributed by atoms with van der Waals surface area (Å²) >= 11 is 0. The zero-order chi connectivity index (χ0) is 18.9. The molecule has 0 saturated heterocycles. The first-order valence-electron chi connectivity index (χ1n) is 9.21. The van der Waals surface area contributed by atoms with Gasteiger partial charge in [-0.3, -0.25) is 14.5 Å². The first kappa shape index (κ1) is 16.2. The fraction of sp³-hybridized carbons (Fsp3) is 0.333. The van der Waals surface area contributed by atoms with Gasteiger partial charge < -0.3 is 4.74 Å². The van der Waals surface area contributed by atoms with E-state index in [1.807, 2.05) is 0 Å². The highest BCUT2D eigenvalue weighted by molar-refractivity contribution is 6.31. The summed E-state index contributed by atoms with van der Waals surface area (Å²) in [5.41, 5.74) is 1.16. The van der Waals surface area contributed by atoms with E-state index in [9.17, 15) is 19.2 Å². The number of cyclic esters (lactones) is 2. The summed E-state index contributed by atoms with van der Waals surface area (Å²) in [4.78, 5) is 52.0. The van der Waals surface area contributed by atoms with Crippen LogP contribution in [0.3, 0.4) is 0 Å².